The van der Waals surface area contributed by atoms with Crippen LogP contribution in [0.1, 0.15) is 18.3 Å². The van der Waals surface area contributed by atoms with Crippen molar-refractivity contribution in [2.24, 2.45) is 0 Å². The summed E-state index contributed by atoms with van der Waals surface area (Å²) < 4.78 is 0. The number of nitrogens with one attached hydrogen (secondary N) is 2. The van der Waals surface area contributed by atoms with Crippen LogP contribution in [0.4, 0.5) is 23.3 Å². The first-order valence-electron chi connectivity index (χ1n) is 8.92. The first kappa shape index (κ1) is 20.9. The molecule has 0 saturated carbocycles. The summed E-state index contributed by atoms with van der Waals surface area (Å²) in [6.45, 7) is 3.69. The summed E-state index contributed by atoms with van der Waals surface area (Å²) in [5.74, 6) is 1.29. The highest BCUT2D eigenvalue weighted by Gasteiger charge is 2.16. The maximum atomic E-state index is 12.5. The number of halogens is 1. The Morgan fingerprint density at radius 1 is 1.14 bits per heavy atom. The van der Waals surface area contributed by atoms with Crippen LogP contribution in [0.2, 0.25) is 5.02 Å². The van der Waals surface area contributed by atoms with Gasteiger partial charge in [-0.25, -0.2) is 0 Å². The fourth-order valence-electron chi connectivity index (χ4n) is 2.46. The number of nitrogens with two attached hydrogens (primary N) is 1. The first-order chi connectivity index (χ1) is 13.9. The average Bonchev–Trinajstić information content (AvgIpc) is 2.70. The molecule has 1 aromatic heterocycles. The van der Waals surface area contributed by atoms with E-state index in [4.69, 9.17) is 17.3 Å². The normalized spacial score (nSPS) is 11.7. The smallest absolute Gasteiger partial charge is 0.237 e. The van der Waals surface area contributed by atoms with Crippen LogP contribution in [0.25, 0.3) is 0 Å². The molecular weight excluding hydrogens is 408 g/mol. The zero-order valence-corrected chi connectivity index (χ0v) is 17.6. The van der Waals surface area contributed by atoms with Gasteiger partial charge in [-0.1, -0.05) is 35.9 Å². The number of para-hydroxylation sites is 1. The van der Waals surface area contributed by atoms with E-state index in [-0.39, 0.29) is 17.1 Å². The van der Waals surface area contributed by atoms with Crippen LogP contribution >= 0.6 is 23.4 Å². The summed E-state index contributed by atoms with van der Waals surface area (Å²) in [5, 5.41) is 6.30. The predicted octanol–water partition coefficient (Wildman–Crippen LogP) is 4.42. The fraction of sp³-hybridized carbons (Fsp3) is 0.200. The number of hydrogen-bond donors (Lipinski definition) is 3. The van der Waals surface area contributed by atoms with Gasteiger partial charge in [0.2, 0.25) is 17.8 Å². The van der Waals surface area contributed by atoms with Gasteiger partial charge in [-0.15, -0.1) is 11.8 Å². The molecule has 0 bridgehead atoms. The number of nitrogen functional groups attached to an aromatic ring is 1. The van der Waals surface area contributed by atoms with Gasteiger partial charge in [-0.05, 0) is 43.7 Å². The van der Waals surface area contributed by atoms with E-state index in [1.807, 2.05) is 50.2 Å². The number of nitrogens with zero attached hydrogens (tertiary/aromatic N) is 3. The lowest BCUT2D eigenvalue weighted by atomic mass is 10.2. The van der Waals surface area contributed by atoms with Crippen LogP contribution in [-0.4, -0.2) is 26.1 Å². The third-order valence-corrected chi connectivity index (χ3v) is 5.63. The minimum absolute atomic E-state index is 0.120. The average molecular weight is 429 g/mol. The van der Waals surface area contributed by atoms with Crippen LogP contribution in [0.5, 0.6) is 0 Å². The highest BCUT2D eigenvalue weighted by molar-refractivity contribution is 7.99. The minimum atomic E-state index is -0.322. The summed E-state index contributed by atoms with van der Waals surface area (Å²) in [6.07, 6.45) is 0. The van der Waals surface area contributed by atoms with Crippen molar-refractivity contribution < 1.29 is 4.79 Å². The maximum absolute atomic E-state index is 12.5. The van der Waals surface area contributed by atoms with Gasteiger partial charge >= 0.3 is 0 Å². The standard InChI is InChI=1S/C20H21ClN6OS/c1-12-15(21)9-6-10-16(12)24-18(28)13(2)29-11-17-25-19(22)27-20(26-17)23-14-7-4-3-5-8-14/h3-10,13H,11H2,1-2H3,(H,24,28)(H3,22,23,25,26,27)/t13-/m1/s1. The summed E-state index contributed by atoms with van der Waals surface area (Å²) >= 11 is 7.52. The number of anilines is 4. The number of carbonyl (C=O) groups excluding carboxylic acids is 1. The molecule has 2 aromatic carbocycles. The predicted molar refractivity (Wildman–Crippen MR) is 120 cm³/mol. The molecule has 0 unspecified atom stereocenters. The Morgan fingerprint density at radius 3 is 2.66 bits per heavy atom. The lowest BCUT2D eigenvalue weighted by Crippen LogP contribution is -2.23. The topological polar surface area (TPSA) is 106 Å². The summed E-state index contributed by atoms with van der Waals surface area (Å²) in [7, 11) is 0. The van der Waals surface area contributed by atoms with Gasteiger partial charge in [0.15, 0.2) is 0 Å². The molecule has 3 aromatic rings. The van der Waals surface area contributed by atoms with Crippen molar-refractivity contribution in [1.29, 1.82) is 0 Å². The molecule has 150 valence electrons. The minimum Gasteiger partial charge on any atom is -0.368 e. The molecule has 0 spiro atoms. The summed E-state index contributed by atoms with van der Waals surface area (Å²) in [5.41, 5.74) is 8.19. The van der Waals surface area contributed by atoms with Crippen LogP contribution in [0, 0.1) is 6.92 Å². The monoisotopic (exact) mass is 428 g/mol. The Labute approximate surface area is 178 Å². The molecule has 0 radical (unpaired) electrons. The summed E-state index contributed by atoms with van der Waals surface area (Å²) in [4.78, 5) is 25.2. The van der Waals surface area contributed by atoms with Gasteiger partial charge in [0.05, 0.1) is 11.0 Å². The van der Waals surface area contributed by atoms with E-state index in [9.17, 15) is 4.79 Å². The second-order valence-corrected chi connectivity index (χ2v) is 8.02. The molecular formula is C20H21ClN6OS. The van der Waals surface area contributed by atoms with E-state index in [2.05, 4.69) is 25.6 Å². The Hall–Kier alpha value is -2.84. The lowest BCUT2D eigenvalue weighted by molar-refractivity contribution is -0.115. The molecule has 1 heterocycles. The Balaban J connectivity index is 1.61. The Kier molecular flexibility index (Phi) is 6.90. The SMILES string of the molecule is Cc1c(Cl)cccc1NC(=O)[C@@H](C)SCc1nc(N)nc(Nc2ccccc2)n1. The van der Waals surface area contributed by atoms with Gasteiger partial charge in [0, 0.05) is 16.4 Å². The number of benzene rings is 2. The van der Waals surface area contributed by atoms with E-state index in [0.717, 1.165) is 11.3 Å². The van der Waals surface area contributed by atoms with Gasteiger partial charge in [0.25, 0.3) is 0 Å². The van der Waals surface area contributed by atoms with Crippen molar-refractivity contribution in [3.05, 3.63) is 64.9 Å². The number of rotatable bonds is 7. The first-order valence-corrected chi connectivity index (χ1v) is 10.3. The highest BCUT2D eigenvalue weighted by Crippen LogP contribution is 2.25. The molecule has 1 atom stereocenters. The molecule has 7 nitrogen and oxygen atoms in total. The van der Waals surface area contributed by atoms with Crippen molar-refractivity contribution in [3.8, 4) is 0 Å². The van der Waals surface area contributed by atoms with Gasteiger partial charge in [0.1, 0.15) is 5.82 Å². The maximum Gasteiger partial charge on any atom is 0.237 e. The van der Waals surface area contributed by atoms with Gasteiger partial charge in [-0.3, -0.25) is 4.79 Å². The summed E-state index contributed by atoms with van der Waals surface area (Å²) in [6, 6.07) is 15.0. The van der Waals surface area contributed by atoms with E-state index in [1.54, 1.807) is 12.1 Å². The largest absolute Gasteiger partial charge is 0.368 e. The molecule has 1 amide bonds. The highest BCUT2D eigenvalue weighted by atomic mass is 35.5. The fourth-order valence-corrected chi connectivity index (χ4v) is 3.37. The molecule has 9 heteroatoms. The van der Waals surface area contributed by atoms with Gasteiger partial charge < -0.3 is 16.4 Å². The molecule has 0 aliphatic rings. The van der Waals surface area contributed by atoms with E-state index in [0.29, 0.717) is 28.2 Å². The van der Waals surface area contributed by atoms with Crippen molar-refractivity contribution in [3.63, 3.8) is 0 Å². The molecule has 4 N–H and O–H groups in total. The molecule has 0 aliphatic heterocycles. The van der Waals surface area contributed by atoms with Crippen molar-refractivity contribution in [2.75, 3.05) is 16.4 Å². The van der Waals surface area contributed by atoms with Crippen LogP contribution < -0.4 is 16.4 Å². The van der Waals surface area contributed by atoms with E-state index in [1.165, 1.54) is 11.8 Å². The molecule has 0 aliphatic carbocycles. The van der Waals surface area contributed by atoms with Crippen molar-refractivity contribution >= 4 is 52.5 Å². The second-order valence-electron chi connectivity index (χ2n) is 6.28. The molecule has 29 heavy (non-hydrogen) atoms. The zero-order valence-electron chi connectivity index (χ0n) is 16.0. The van der Waals surface area contributed by atoms with Crippen molar-refractivity contribution in [2.45, 2.75) is 24.9 Å². The van der Waals surface area contributed by atoms with Crippen LogP contribution in [-0.2, 0) is 10.5 Å². The quantitative estimate of drug-likeness (QED) is 0.511. The van der Waals surface area contributed by atoms with E-state index < -0.39 is 0 Å². The van der Waals surface area contributed by atoms with Crippen LogP contribution in [0.3, 0.4) is 0 Å². The number of amides is 1. The lowest BCUT2D eigenvalue weighted by Gasteiger charge is -2.14. The van der Waals surface area contributed by atoms with Gasteiger partial charge in [-0.2, -0.15) is 15.0 Å². The van der Waals surface area contributed by atoms with Crippen molar-refractivity contribution in [1.82, 2.24) is 15.0 Å². The number of hydrogen-bond acceptors (Lipinski definition) is 7. The number of carbonyl (C=O) groups is 1. The Bertz CT molecular complexity index is 1000. The number of aromatic nitrogens is 3. The molecule has 0 saturated heterocycles. The molecule has 0 fully saturated rings. The third-order valence-electron chi connectivity index (χ3n) is 4.09. The third kappa shape index (κ3) is 5.82. The second kappa shape index (κ2) is 9.58. The van der Waals surface area contributed by atoms with E-state index >= 15 is 0 Å². The van der Waals surface area contributed by atoms with Crippen LogP contribution in [0.15, 0.2) is 48.5 Å². The Morgan fingerprint density at radius 2 is 1.90 bits per heavy atom. The molecule has 3 rings (SSSR count). The number of thioether (sulfide) groups is 1. The zero-order chi connectivity index (χ0) is 20.8.